The Morgan fingerprint density at radius 2 is 1.46 bits per heavy atom. The van der Waals surface area contributed by atoms with Crippen molar-refractivity contribution in [1.82, 2.24) is 4.90 Å². The van der Waals surface area contributed by atoms with Crippen LogP contribution in [-0.2, 0) is 14.4 Å². The number of carbonyl (C=O) groups excluding carboxylic acids is 3. The second kappa shape index (κ2) is 7.91. The molecule has 2 aromatic carbocycles. The number of benzene rings is 2. The number of amides is 3. The molecule has 1 saturated heterocycles. The number of imide groups is 1. The van der Waals surface area contributed by atoms with Crippen molar-refractivity contribution in [3.63, 3.8) is 0 Å². The van der Waals surface area contributed by atoms with E-state index in [-0.39, 0.29) is 49.3 Å². The quantitative estimate of drug-likeness (QED) is 0.809. The van der Waals surface area contributed by atoms with Crippen LogP contribution >= 0.6 is 0 Å². The molecule has 0 bridgehead atoms. The Labute approximate surface area is 150 Å². The number of carbonyl (C=O) groups is 3. The first-order valence-electron chi connectivity index (χ1n) is 8.52. The van der Waals surface area contributed by atoms with Crippen LogP contribution < -0.4 is 5.32 Å². The molecule has 1 heterocycles. The van der Waals surface area contributed by atoms with E-state index in [1.165, 1.54) is 17.0 Å². The van der Waals surface area contributed by atoms with E-state index in [9.17, 15) is 18.8 Å². The van der Waals surface area contributed by atoms with Crippen LogP contribution in [0.2, 0.25) is 0 Å². The van der Waals surface area contributed by atoms with E-state index in [1.54, 1.807) is 24.3 Å². The Bertz CT molecular complexity index is 800. The molecule has 3 amide bonds. The fourth-order valence-electron chi connectivity index (χ4n) is 2.88. The number of nitrogens with zero attached hydrogens (tertiary/aromatic N) is 1. The highest BCUT2D eigenvalue weighted by Crippen LogP contribution is 2.22. The zero-order valence-electron chi connectivity index (χ0n) is 14.2. The first-order chi connectivity index (χ1) is 12.5. The van der Waals surface area contributed by atoms with Crippen LogP contribution in [0.3, 0.4) is 0 Å². The Kier molecular flexibility index (Phi) is 5.41. The van der Waals surface area contributed by atoms with E-state index in [2.05, 4.69) is 5.32 Å². The first-order valence-corrected chi connectivity index (χ1v) is 8.52. The summed E-state index contributed by atoms with van der Waals surface area (Å²) in [6.45, 7) is 0.286. The summed E-state index contributed by atoms with van der Waals surface area (Å²) in [7, 11) is 0. The predicted octanol–water partition coefficient (Wildman–Crippen LogP) is 3.36. The second-order valence-corrected chi connectivity index (χ2v) is 6.18. The van der Waals surface area contributed by atoms with E-state index in [0.717, 1.165) is 11.1 Å². The highest BCUT2D eigenvalue weighted by atomic mass is 19.1. The molecule has 1 N–H and O–H groups in total. The Morgan fingerprint density at radius 3 is 2.04 bits per heavy atom. The second-order valence-electron chi connectivity index (χ2n) is 6.18. The molecule has 0 spiro atoms. The topological polar surface area (TPSA) is 66.5 Å². The number of anilines is 1. The van der Waals surface area contributed by atoms with Gasteiger partial charge in [0.05, 0.1) is 0 Å². The number of hydrogen-bond acceptors (Lipinski definition) is 3. The molecule has 0 aliphatic carbocycles. The normalized spacial score (nSPS) is 14.0. The maximum atomic E-state index is 13.0. The fraction of sp³-hybridized carbons (Fsp3) is 0.250. The molecule has 1 fully saturated rings. The van der Waals surface area contributed by atoms with Gasteiger partial charge in [-0.1, -0.05) is 24.3 Å². The van der Waals surface area contributed by atoms with Crippen LogP contribution in [-0.4, -0.2) is 29.2 Å². The Morgan fingerprint density at radius 1 is 0.923 bits per heavy atom. The third-order valence-corrected chi connectivity index (χ3v) is 4.29. The average Bonchev–Trinajstić information content (AvgIpc) is 2.95. The molecule has 5 nitrogen and oxygen atoms in total. The minimum atomic E-state index is -0.282. The lowest BCUT2D eigenvalue weighted by molar-refractivity contribution is -0.138. The van der Waals surface area contributed by atoms with Crippen molar-refractivity contribution in [2.24, 2.45) is 0 Å². The minimum Gasteiger partial charge on any atom is -0.326 e. The smallest absolute Gasteiger partial charge is 0.229 e. The molecule has 0 unspecified atom stereocenters. The van der Waals surface area contributed by atoms with Crippen molar-refractivity contribution < 1.29 is 18.8 Å². The average molecular weight is 354 g/mol. The third kappa shape index (κ3) is 4.33. The van der Waals surface area contributed by atoms with Gasteiger partial charge < -0.3 is 5.32 Å². The highest BCUT2D eigenvalue weighted by molar-refractivity contribution is 6.02. The summed E-state index contributed by atoms with van der Waals surface area (Å²) >= 11 is 0. The molecule has 0 atom stereocenters. The standard InChI is InChI=1S/C20H19FN2O3/c21-16-7-3-14(4-8-16)15-5-9-17(10-6-15)22-18(24)2-1-13-23-19(25)11-12-20(23)26/h3-10H,1-2,11-13H2,(H,22,24). The Balaban J connectivity index is 1.49. The maximum absolute atomic E-state index is 13.0. The minimum absolute atomic E-state index is 0.160. The summed E-state index contributed by atoms with van der Waals surface area (Å²) in [6, 6.07) is 13.5. The van der Waals surface area contributed by atoms with Crippen LogP contribution in [0, 0.1) is 5.82 Å². The summed E-state index contributed by atoms with van der Waals surface area (Å²) in [4.78, 5) is 36.2. The Hall–Kier alpha value is -3.02. The van der Waals surface area contributed by atoms with Gasteiger partial charge in [0.15, 0.2) is 0 Å². The van der Waals surface area contributed by atoms with E-state index in [0.29, 0.717) is 12.1 Å². The van der Waals surface area contributed by atoms with Crippen molar-refractivity contribution in [2.75, 3.05) is 11.9 Å². The lowest BCUT2D eigenvalue weighted by Crippen LogP contribution is -2.30. The van der Waals surface area contributed by atoms with Gasteiger partial charge in [-0.15, -0.1) is 0 Å². The summed E-state index contributed by atoms with van der Waals surface area (Å²) in [5.74, 6) is -0.771. The van der Waals surface area contributed by atoms with E-state index < -0.39 is 0 Å². The molecule has 3 rings (SSSR count). The van der Waals surface area contributed by atoms with Crippen LogP contribution in [0.5, 0.6) is 0 Å². The summed E-state index contributed by atoms with van der Waals surface area (Å²) in [5, 5.41) is 2.79. The van der Waals surface area contributed by atoms with Gasteiger partial charge in [0, 0.05) is 31.5 Å². The SMILES string of the molecule is O=C(CCCN1C(=O)CCC1=O)Nc1ccc(-c2ccc(F)cc2)cc1. The number of halogens is 1. The van der Waals surface area contributed by atoms with Crippen molar-refractivity contribution in [3.05, 3.63) is 54.3 Å². The molecule has 1 aliphatic rings. The summed E-state index contributed by atoms with van der Waals surface area (Å²) in [5.41, 5.74) is 2.48. The van der Waals surface area contributed by atoms with Crippen molar-refractivity contribution in [1.29, 1.82) is 0 Å². The highest BCUT2D eigenvalue weighted by Gasteiger charge is 2.28. The molecule has 134 valence electrons. The molecule has 26 heavy (non-hydrogen) atoms. The van der Waals surface area contributed by atoms with Crippen molar-refractivity contribution in [3.8, 4) is 11.1 Å². The fourth-order valence-corrected chi connectivity index (χ4v) is 2.88. The molecule has 1 aliphatic heterocycles. The van der Waals surface area contributed by atoms with Gasteiger partial charge in [0.2, 0.25) is 17.7 Å². The molecule has 0 radical (unpaired) electrons. The van der Waals surface area contributed by atoms with E-state index in [1.807, 2.05) is 12.1 Å². The number of rotatable bonds is 6. The lowest BCUT2D eigenvalue weighted by atomic mass is 10.1. The molecule has 2 aromatic rings. The summed E-state index contributed by atoms with van der Waals surface area (Å²) < 4.78 is 13.0. The van der Waals surface area contributed by atoms with Gasteiger partial charge in [0.1, 0.15) is 5.82 Å². The number of nitrogens with one attached hydrogen (secondary N) is 1. The van der Waals surface area contributed by atoms with Gasteiger partial charge in [-0.05, 0) is 41.8 Å². The largest absolute Gasteiger partial charge is 0.326 e. The van der Waals surface area contributed by atoms with Gasteiger partial charge in [0.25, 0.3) is 0 Å². The molecule has 0 aromatic heterocycles. The molecular weight excluding hydrogens is 335 g/mol. The lowest BCUT2D eigenvalue weighted by Gasteiger charge is -2.13. The monoisotopic (exact) mass is 354 g/mol. The third-order valence-electron chi connectivity index (χ3n) is 4.29. The molecular formula is C20H19FN2O3. The van der Waals surface area contributed by atoms with Crippen LogP contribution in [0.4, 0.5) is 10.1 Å². The van der Waals surface area contributed by atoms with Gasteiger partial charge >= 0.3 is 0 Å². The van der Waals surface area contributed by atoms with Gasteiger partial charge in [-0.25, -0.2) is 4.39 Å². The van der Waals surface area contributed by atoms with Gasteiger partial charge in [-0.2, -0.15) is 0 Å². The van der Waals surface area contributed by atoms with Crippen LogP contribution in [0.15, 0.2) is 48.5 Å². The van der Waals surface area contributed by atoms with Gasteiger partial charge in [-0.3, -0.25) is 19.3 Å². The van der Waals surface area contributed by atoms with E-state index in [4.69, 9.17) is 0 Å². The molecule has 6 heteroatoms. The zero-order chi connectivity index (χ0) is 18.5. The maximum Gasteiger partial charge on any atom is 0.229 e. The predicted molar refractivity (Wildman–Crippen MR) is 95.7 cm³/mol. The first kappa shape index (κ1) is 17.8. The van der Waals surface area contributed by atoms with Crippen LogP contribution in [0.1, 0.15) is 25.7 Å². The van der Waals surface area contributed by atoms with Crippen molar-refractivity contribution >= 4 is 23.4 Å². The number of hydrogen-bond donors (Lipinski definition) is 1. The zero-order valence-corrected chi connectivity index (χ0v) is 14.2. The van der Waals surface area contributed by atoms with E-state index >= 15 is 0 Å². The summed E-state index contributed by atoms with van der Waals surface area (Å²) in [6.07, 6.45) is 1.21. The molecule has 0 saturated carbocycles. The number of likely N-dealkylation sites (tertiary alicyclic amines) is 1. The van der Waals surface area contributed by atoms with Crippen LogP contribution in [0.25, 0.3) is 11.1 Å². The van der Waals surface area contributed by atoms with Crippen molar-refractivity contribution in [2.45, 2.75) is 25.7 Å².